The second-order valence-electron chi connectivity index (χ2n) is 3.19. The van der Waals surface area contributed by atoms with Crippen molar-refractivity contribution >= 4 is 30.8 Å². The van der Waals surface area contributed by atoms with Crippen LogP contribution in [0.1, 0.15) is 12.8 Å². The number of ether oxygens (including phenoxy) is 1. The lowest BCUT2D eigenvalue weighted by Gasteiger charge is -2.28. The number of piperidine rings is 1. The van der Waals surface area contributed by atoms with Gasteiger partial charge in [-0.25, -0.2) is 0 Å². The lowest BCUT2D eigenvalue weighted by molar-refractivity contribution is -0.142. The van der Waals surface area contributed by atoms with Crippen molar-refractivity contribution in [3.8, 4) is 0 Å². The van der Waals surface area contributed by atoms with Crippen molar-refractivity contribution in [3.63, 3.8) is 0 Å². The molecule has 0 saturated carbocycles. The van der Waals surface area contributed by atoms with E-state index in [0.717, 1.165) is 25.9 Å². The predicted octanol–water partition coefficient (Wildman–Crippen LogP) is 0.426. The van der Waals surface area contributed by atoms with Crippen LogP contribution >= 0.6 is 24.8 Å². The molecule has 0 amide bonds. The molecule has 1 fully saturated rings. The van der Waals surface area contributed by atoms with Crippen LogP contribution in [0.2, 0.25) is 0 Å². The van der Waals surface area contributed by atoms with E-state index in [1.165, 1.54) is 7.11 Å². The molecule has 0 atom stereocenters. The maximum atomic E-state index is 10.9. The zero-order valence-corrected chi connectivity index (χ0v) is 9.90. The molecule has 1 rings (SSSR count). The van der Waals surface area contributed by atoms with E-state index in [0.29, 0.717) is 12.6 Å². The molecule has 4 nitrogen and oxygen atoms in total. The first-order valence-electron chi connectivity index (χ1n) is 4.27. The van der Waals surface area contributed by atoms with Gasteiger partial charge in [-0.1, -0.05) is 0 Å². The molecule has 1 aliphatic heterocycles. The Bertz CT molecular complexity index is 161. The van der Waals surface area contributed by atoms with Crippen molar-refractivity contribution in [1.29, 1.82) is 0 Å². The van der Waals surface area contributed by atoms with Crippen LogP contribution in [0.3, 0.4) is 0 Å². The molecule has 2 N–H and O–H groups in total. The molecule has 0 radical (unpaired) electrons. The van der Waals surface area contributed by atoms with Crippen molar-refractivity contribution in [2.45, 2.75) is 18.9 Å². The molecule has 14 heavy (non-hydrogen) atoms. The zero-order valence-electron chi connectivity index (χ0n) is 8.27. The summed E-state index contributed by atoms with van der Waals surface area (Å²) in [6, 6.07) is 0.318. The van der Waals surface area contributed by atoms with Crippen LogP contribution in [0, 0.1) is 0 Å². The van der Waals surface area contributed by atoms with Gasteiger partial charge in [0.25, 0.3) is 0 Å². The van der Waals surface area contributed by atoms with Crippen LogP contribution in [0.15, 0.2) is 0 Å². The fourth-order valence-corrected chi connectivity index (χ4v) is 1.36. The molecule has 1 aliphatic rings. The minimum Gasteiger partial charge on any atom is -0.468 e. The van der Waals surface area contributed by atoms with Crippen LogP contribution < -0.4 is 5.73 Å². The number of methoxy groups -OCH3 is 1. The van der Waals surface area contributed by atoms with E-state index in [1.54, 1.807) is 0 Å². The van der Waals surface area contributed by atoms with Gasteiger partial charge in [0.15, 0.2) is 0 Å². The minimum atomic E-state index is -0.162. The fourth-order valence-electron chi connectivity index (χ4n) is 1.36. The molecule has 1 heterocycles. The smallest absolute Gasteiger partial charge is 0.319 e. The Kier molecular flexibility index (Phi) is 9.72. The number of hydrogen-bond acceptors (Lipinski definition) is 4. The Balaban J connectivity index is 0. The maximum absolute atomic E-state index is 10.9. The molecule has 0 aliphatic carbocycles. The summed E-state index contributed by atoms with van der Waals surface area (Å²) in [5.74, 6) is -0.162. The molecule has 0 unspecified atom stereocenters. The van der Waals surface area contributed by atoms with Crippen LogP contribution in [0.25, 0.3) is 0 Å². The second kappa shape index (κ2) is 8.29. The summed E-state index contributed by atoms with van der Waals surface area (Å²) in [6.07, 6.45) is 1.97. The summed E-state index contributed by atoms with van der Waals surface area (Å²) < 4.78 is 4.57. The molecule has 0 aromatic heterocycles. The minimum absolute atomic E-state index is 0. The van der Waals surface area contributed by atoms with Gasteiger partial charge in [0.2, 0.25) is 0 Å². The van der Waals surface area contributed by atoms with Crippen molar-refractivity contribution in [2.24, 2.45) is 5.73 Å². The Morgan fingerprint density at radius 2 is 1.93 bits per heavy atom. The average Bonchev–Trinajstić information content (AvgIpc) is 2.09. The van der Waals surface area contributed by atoms with E-state index in [-0.39, 0.29) is 30.8 Å². The lowest BCUT2D eigenvalue weighted by atomic mass is 10.1. The van der Waals surface area contributed by atoms with E-state index >= 15 is 0 Å². The molecular formula is C8H18Cl2N2O2. The molecule has 1 saturated heterocycles. The van der Waals surface area contributed by atoms with E-state index in [1.807, 2.05) is 0 Å². The molecular weight excluding hydrogens is 227 g/mol. The third-order valence-electron chi connectivity index (χ3n) is 2.21. The Hall–Kier alpha value is -0.0300. The number of rotatable bonds is 2. The molecule has 0 aromatic carbocycles. The predicted molar refractivity (Wildman–Crippen MR) is 60.2 cm³/mol. The highest BCUT2D eigenvalue weighted by atomic mass is 35.5. The van der Waals surface area contributed by atoms with E-state index in [2.05, 4.69) is 9.64 Å². The van der Waals surface area contributed by atoms with Gasteiger partial charge >= 0.3 is 5.97 Å². The molecule has 0 bridgehead atoms. The lowest BCUT2D eigenvalue weighted by Crippen LogP contribution is -2.42. The first-order chi connectivity index (χ1) is 5.72. The number of esters is 1. The van der Waals surface area contributed by atoms with Crippen LogP contribution in [-0.2, 0) is 9.53 Å². The van der Waals surface area contributed by atoms with E-state index in [9.17, 15) is 4.79 Å². The molecule has 86 valence electrons. The number of carbonyl (C=O) groups is 1. The standard InChI is InChI=1S/C8H16N2O2.2ClH/c1-12-8(11)6-10-4-2-7(9)3-5-10;;/h7H,2-6,9H2,1H3;2*1H. The monoisotopic (exact) mass is 244 g/mol. The quantitative estimate of drug-likeness (QED) is 0.716. The number of likely N-dealkylation sites (tertiary alicyclic amines) is 1. The highest BCUT2D eigenvalue weighted by Gasteiger charge is 2.17. The summed E-state index contributed by atoms with van der Waals surface area (Å²) in [6.45, 7) is 2.23. The van der Waals surface area contributed by atoms with Crippen molar-refractivity contribution < 1.29 is 9.53 Å². The van der Waals surface area contributed by atoms with Crippen molar-refractivity contribution in [3.05, 3.63) is 0 Å². The molecule has 0 aromatic rings. The topological polar surface area (TPSA) is 55.6 Å². The Morgan fingerprint density at radius 1 is 1.43 bits per heavy atom. The fraction of sp³-hybridized carbons (Fsp3) is 0.875. The summed E-state index contributed by atoms with van der Waals surface area (Å²) in [5, 5.41) is 0. The van der Waals surface area contributed by atoms with Gasteiger partial charge in [-0.2, -0.15) is 0 Å². The highest BCUT2D eigenvalue weighted by molar-refractivity contribution is 5.85. The SMILES string of the molecule is COC(=O)CN1CCC(N)CC1.Cl.Cl. The van der Waals surface area contributed by atoms with Gasteiger partial charge in [-0.05, 0) is 12.8 Å². The third-order valence-corrected chi connectivity index (χ3v) is 2.21. The molecule has 0 spiro atoms. The highest BCUT2D eigenvalue weighted by Crippen LogP contribution is 2.07. The van der Waals surface area contributed by atoms with Gasteiger partial charge in [0, 0.05) is 19.1 Å². The number of carbonyl (C=O) groups excluding carboxylic acids is 1. The summed E-state index contributed by atoms with van der Waals surface area (Å²) in [7, 11) is 1.41. The van der Waals surface area contributed by atoms with Crippen LogP contribution in [0.5, 0.6) is 0 Å². The third kappa shape index (κ3) is 5.65. The average molecular weight is 245 g/mol. The summed E-state index contributed by atoms with van der Waals surface area (Å²) in [4.78, 5) is 12.9. The normalized spacial score (nSPS) is 17.9. The second-order valence-corrected chi connectivity index (χ2v) is 3.19. The number of hydrogen-bond donors (Lipinski definition) is 1. The van der Waals surface area contributed by atoms with Crippen LogP contribution in [0.4, 0.5) is 0 Å². The summed E-state index contributed by atoms with van der Waals surface area (Å²) in [5.41, 5.74) is 5.72. The van der Waals surface area contributed by atoms with E-state index < -0.39 is 0 Å². The van der Waals surface area contributed by atoms with Crippen LogP contribution in [-0.4, -0.2) is 43.7 Å². The number of nitrogens with two attached hydrogens (primary N) is 1. The zero-order chi connectivity index (χ0) is 8.97. The van der Waals surface area contributed by atoms with Gasteiger partial charge < -0.3 is 10.5 Å². The van der Waals surface area contributed by atoms with Gasteiger partial charge in [0.05, 0.1) is 13.7 Å². The first-order valence-corrected chi connectivity index (χ1v) is 4.27. The molecule has 6 heteroatoms. The summed E-state index contributed by atoms with van der Waals surface area (Å²) >= 11 is 0. The first kappa shape index (κ1) is 16.4. The number of halogens is 2. The maximum Gasteiger partial charge on any atom is 0.319 e. The van der Waals surface area contributed by atoms with Gasteiger partial charge in [-0.15, -0.1) is 24.8 Å². The Morgan fingerprint density at radius 3 is 2.36 bits per heavy atom. The van der Waals surface area contributed by atoms with Gasteiger partial charge in [0.1, 0.15) is 0 Å². The van der Waals surface area contributed by atoms with Crippen molar-refractivity contribution in [2.75, 3.05) is 26.7 Å². The Labute approximate surface area is 97.0 Å². The number of nitrogens with zero attached hydrogens (tertiary/aromatic N) is 1. The van der Waals surface area contributed by atoms with Gasteiger partial charge in [-0.3, -0.25) is 9.69 Å². The largest absolute Gasteiger partial charge is 0.468 e. The van der Waals surface area contributed by atoms with E-state index in [4.69, 9.17) is 5.73 Å². The van der Waals surface area contributed by atoms with Crippen molar-refractivity contribution in [1.82, 2.24) is 4.90 Å².